The topological polar surface area (TPSA) is 86.5 Å². The highest BCUT2D eigenvalue weighted by Crippen LogP contribution is 2.37. The predicted molar refractivity (Wildman–Crippen MR) is 180 cm³/mol. The minimum atomic E-state index is -0.193. The molecule has 1 N–H and O–H groups in total. The maximum Gasteiger partial charge on any atom is 0.260 e. The van der Waals surface area contributed by atoms with E-state index in [1.54, 1.807) is 14.2 Å². The van der Waals surface area contributed by atoms with Crippen LogP contribution in [-0.2, 0) is 25.1 Å². The van der Waals surface area contributed by atoms with Crippen LogP contribution >= 0.6 is 0 Å². The van der Waals surface area contributed by atoms with Gasteiger partial charge in [0.1, 0.15) is 42.8 Å². The van der Waals surface area contributed by atoms with Gasteiger partial charge >= 0.3 is 0 Å². The summed E-state index contributed by atoms with van der Waals surface area (Å²) in [5.74, 6) is 3.40. The molecule has 1 aliphatic heterocycles. The Morgan fingerprint density at radius 3 is 2.04 bits per heavy atom. The summed E-state index contributed by atoms with van der Waals surface area (Å²) in [6.45, 7) is 5.06. The number of amides is 1. The fourth-order valence-electron chi connectivity index (χ4n) is 5.50. The van der Waals surface area contributed by atoms with Gasteiger partial charge in [0.15, 0.2) is 5.84 Å². The number of methoxy groups -OCH3 is 2. The number of carbonyl (C=O) groups is 1. The van der Waals surface area contributed by atoms with E-state index in [9.17, 15) is 4.79 Å². The molecule has 4 aromatic carbocycles. The molecule has 0 atom stereocenters. The maximum atomic E-state index is 12.7. The molecule has 0 aliphatic carbocycles. The molecule has 0 saturated carbocycles. The molecule has 9 nitrogen and oxygen atoms in total. The molecule has 0 spiro atoms. The van der Waals surface area contributed by atoms with E-state index in [1.807, 2.05) is 78.8 Å². The first-order valence-corrected chi connectivity index (χ1v) is 15.2. The Hall–Kier alpha value is -5.44. The van der Waals surface area contributed by atoms with Gasteiger partial charge in [0.05, 0.1) is 19.8 Å². The summed E-state index contributed by atoms with van der Waals surface area (Å²) < 4.78 is 25.7. The van der Waals surface area contributed by atoms with Gasteiger partial charge in [-0.2, -0.15) is 5.10 Å². The Morgan fingerprint density at radius 2 is 1.43 bits per heavy atom. The van der Waals surface area contributed by atoms with Crippen LogP contribution in [-0.4, -0.2) is 37.1 Å². The van der Waals surface area contributed by atoms with Gasteiger partial charge < -0.3 is 28.4 Å². The van der Waals surface area contributed by atoms with Crippen LogP contribution in [0.5, 0.6) is 23.0 Å². The monoisotopic (exact) mass is 618 g/mol. The summed E-state index contributed by atoms with van der Waals surface area (Å²) in [7, 11) is 5.31. The number of aryl methyl sites for hydroxylation is 1. The van der Waals surface area contributed by atoms with Gasteiger partial charge in [-0.15, -0.1) is 0 Å². The van der Waals surface area contributed by atoms with E-state index in [0.29, 0.717) is 24.8 Å². The molecule has 1 amide bonds. The van der Waals surface area contributed by atoms with Crippen molar-refractivity contribution >= 4 is 28.3 Å². The lowest BCUT2D eigenvalue weighted by molar-refractivity contribution is -0.119. The van der Waals surface area contributed by atoms with Crippen LogP contribution in [0.3, 0.4) is 0 Å². The summed E-state index contributed by atoms with van der Waals surface area (Å²) in [5, 5.41) is 5.67. The molecule has 0 fully saturated rings. The zero-order valence-electron chi connectivity index (χ0n) is 26.7. The normalized spacial score (nSPS) is 13.0. The molecule has 1 aromatic heterocycles. The number of hydrogen-bond donors (Lipinski definition) is 1. The first-order chi connectivity index (χ1) is 22.3. The van der Waals surface area contributed by atoms with Crippen LogP contribution in [0, 0.1) is 0 Å². The van der Waals surface area contributed by atoms with Crippen LogP contribution < -0.4 is 29.3 Å². The Labute approximate surface area is 269 Å². The molecule has 0 radical (unpaired) electrons. The standard InChI is InChI=1S/C37H38N4O5/c1-24(2)31-19-32(37-39-38-36(42)21-41(37)28-10-15-33-27(18-28)16-17-40(33)3)35(46-23-26-8-13-30(44-5)14-9-26)20-34(31)45-22-25-6-11-29(43-4)12-7-25/h6-20,24H,21-23H2,1-5H3,(H,38,42). The number of hydrazone groups is 1. The quantitative estimate of drug-likeness (QED) is 0.176. The fraction of sp³-hybridized carbons (Fsp3) is 0.243. The second-order valence-corrected chi connectivity index (χ2v) is 11.5. The Kier molecular flexibility index (Phi) is 8.83. The van der Waals surface area contributed by atoms with Crippen molar-refractivity contribution in [1.29, 1.82) is 0 Å². The van der Waals surface area contributed by atoms with E-state index in [4.69, 9.17) is 18.9 Å². The van der Waals surface area contributed by atoms with Crippen molar-refractivity contribution < 1.29 is 23.7 Å². The Morgan fingerprint density at radius 1 is 0.804 bits per heavy atom. The lowest BCUT2D eigenvalue weighted by Crippen LogP contribution is -2.46. The van der Waals surface area contributed by atoms with Gasteiger partial charge in [-0.1, -0.05) is 38.1 Å². The molecule has 1 aliphatic rings. The van der Waals surface area contributed by atoms with Gasteiger partial charge in [0.2, 0.25) is 0 Å². The highest BCUT2D eigenvalue weighted by atomic mass is 16.5. The van der Waals surface area contributed by atoms with Gasteiger partial charge in [-0.05, 0) is 77.2 Å². The van der Waals surface area contributed by atoms with E-state index >= 15 is 0 Å². The van der Waals surface area contributed by atoms with Gasteiger partial charge in [0, 0.05) is 35.9 Å². The molecule has 5 aromatic rings. The molecule has 9 heteroatoms. The van der Waals surface area contributed by atoms with Crippen LogP contribution in [0.1, 0.15) is 42.0 Å². The Bertz CT molecular complexity index is 1880. The summed E-state index contributed by atoms with van der Waals surface area (Å²) in [6.07, 6.45) is 2.02. The number of benzene rings is 4. The summed E-state index contributed by atoms with van der Waals surface area (Å²) in [6, 6.07) is 27.8. The molecule has 0 saturated heterocycles. The average molecular weight is 619 g/mol. The third-order valence-corrected chi connectivity index (χ3v) is 8.11. The van der Waals surface area contributed by atoms with Crippen LogP contribution in [0.15, 0.2) is 96.2 Å². The van der Waals surface area contributed by atoms with Crippen molar-refractivity contribution in [2.24, 2.45) is 12.1 Å². The number of nitrogens with one attached hydrogen (secondary N) is 1. The molecule has 236 valence electrons. The molecule has 6 rings (SSSR count). The molecular formula is C37H38N4O5. The zero-order chi connectivity index (χ0) is 32.2. The minimum absolute atomic E-state index is 0.113. The number of fused-ring (bicyclic) bond motifs is 1. The smallest absolute Gasteiger partial charge is 0.260 e. The number of carbonyl (C=O) groups excluding carboxylic acids is 1. The van der Waals surface area contributed by atoms with Crippen molar-refractivity contribution in [3.05, 3.63) is 113 Å². The summed E-state index contributed by atoms with van der Waals surface area (Å²) >= 11 is 0. The largest absolute Gasteiger partial charge is 0.497 e. The first kappa shape index (κ1) is 30.6. The fourth-order valence-corrected chi connectivity index (χ4v) is 5.50. The van der Waals surface area contributed by atoms with Crippen molar-refractivity contribution in [3.63, 3.8) is 0 Å². The predicted octanol–water partition coefficient (Wildman–Crippen LogP) is 6.77. The number of rotatable bonds is 11. The number of aromatic nitrogens is 1. The molecular weight excluding hydrogens is 580 g/mol. The van der Waals surface area contributed by atoms with E-state index in [0.717, 1.165) is 56.1 Å². The minimum Gasteiger partial charge on any atom is -0.497 e. The van der Waals surface area contributed by atoms with E-state index in [-0.39, 0.29) is 18.4 Å². The van der Waals surface area contributed by atoms with Crippen molar-refractivity contribution in [2.75, 3.05) is 25.7 Å². The van der Waals surface area contributed by atoms with Crippen molar-refractivity contribution in [3.8, 4) is 23.0 Å². The van der Waals surface area contributed by atoms with E-state index < -0.39 is 0 Å². The highest BCUT2D eigenvalue weighted by molar-refractivity contribution is 6.16. The number of nitrogens with zero attached hydrogens (tertiary/aromatic N) is 3. The maximum absolute atomic E-state index is 12.7. The first-order valence-electron chi connectivity index (χ1n) is 15.2. The van der Waals surface area contributed by atoms with Crippen LogP contribution in [0.2, 0.25) is 0 Å². The van der Waals surface area contributed by atoms with Gasteiger partial charge in [0.25, 0.3) is 5.91 Å². The zero-order valence-corrected chi connectivity index (χ0v) is 26.7. The lowest BCUT2D eigenvalue weighted by Gasteiger charge is -2.30. The molecule has 0 bridgehead atoms. The van der Waals surface area contributed by atoms with Gasteiger partial charge in [-0.25, -0.2) is 5.43 Å². The second kappa shape index (κ2) is 13.3. The van der Waals surface area contributed by atoms with Gasteiger partial charge in [-0.3, -0.25) is 4.79 Å². The lowest BCUT2D eigenvalue weighted by atomic mass is 9.97. The third-order valence-electron chi connectivity index (χ3n) is 8.11. The SMILES string of the molecule is COc1ccc(COc2cc(OCc3ccc(OC)cc3)c(C(C)C)cc2C2=NNC(=O)CN2c2ccc3c(ccn3C)c2)cc1. The van der Waals surface area contributed by atoms with Crippen molar-refractivity contribution in [2.45, 2.75) is 33.0 Å². The molecule has 46 heavy (non-hydrogen) atoms. The summed E-state index contributed by atoms with van der Waals surface area (Å²) in [4.78, 5) is 14.6. The van der Waals surface area contributed by atoms with Crippen LogP contribution in [0.4, 0.5) is 5.69 Å². The van der Waals surface area contributed by atoms with Crippen LogP contribution in [0.25, 0.3) is 10.9 Å². The van der Waals surface area contributed by atoms with Crippen molar-refractivity contribution in [1.82, 2.24) is 9.99 Å². The summed E-state index contributed by atoms with van der Waals surface area (Å²) in [5.41, 5.74) is 8.41. The molecule has 2 heterocycles. The van der Waals surface area contributed by atoms with E-state index in [2.05, 4.69) is 53.2 Å². The molecule has 0 unspecified atom stereocenters. The Balaban J connectivity index is 1.40. The third kappa shape index (κ3) is 6.49. The number of hydrogen-bond acceptors (Lipinski definition) is 7. The number of amidine groups is 1. The highest BCUT2D eigenvalue weighted by Gasteiger charge is 2.28. The second-order valence-electron chi connectivity index (χ2n) is 11.5. The number of ether oxygens (including phenoxy) is 4. The van der Waals surface area contributed by atoms with E-state index in [1.165, 1.54) is 0 Å². The number of anilines is 1. The average Bonchev–Trinajstić information content (AvgIpc) is 3.46.